The Bertz CT molecular complexity index is 1370. The monoisotopic (exact) mass is 531 g/mol. The largest absolute Gasteiger partial charge is 0.466 e. The highest BCUT2D eigenvalue weighted by Crippen LogP contribution is 2.58. The molecule has 198 valence electrons. The molecule has 0 amide bonds. The number of carbonyl (C=O) groups excluding carboxylic acids is 1. The number of fused-ring (bicyclic) bond motifs is 2. The van der Waals surface area contributed by atoms with Gasteiger partial charge in [-0.2, -0.15) is 0 Å². The standard InChI is InChI=1S/C26H31ClFN5O4/c1-6-37-23(35)19-13-9-16(22(34)18(13)19)30-25-29-10-14(27)20(32-25)12-7-15(28)21-17(8-12)33(11(2)3)24(31-21)26(4,5)36/h7-8,10-11,13,16,18-19,22,34,36H,6,9H2,1-5H3,(H,29,30,32)/t13-,16+,18+,19+,22-/m1/s1. The van der Waals surface area contributed by atoms with Crippen LogP contribution in [0.5, 0.6) is 0 Å². The second-order valence-corrected chi connectivity index (χ2v) is 11.1. The van der Waals surface area contributed by atoms with Crippen molar-refractivity contribution in [3.8, 4) is 11.3 Å². The van der Waals surface area contributed by atoms with E-state index in [0.29, 0.717) is 35.6 Å². The van der Waals surface area contributed by atoms with Gasteiger partial charge in [0.25, 0.3) is 0 Å². The average molecular weight is 532 g/mol. The third kappa shape index (κ3) is 4.45. The van der Waals surface area contributed by atoms with Gasteiger partial charge in [0.05, 0.1) is 47.1 Å². The van der Waals surface area contributed by atoms with Crippen LogP contribution in [-0.2, 0) is 15.1 Å². The molecule has 0 bridgehead atoms. The fourth-order valence-corrected chi connectivity index (χ4v) is 5.83. The van der Waals surface area contributed by atoms with Crippen molar-refractivity contribution in [2.45, 2.75) is 64.8 Å². The van der Waals surface area contributed by atoms with E-state index in [2.05, 4.69) is 20.3 Å². The van der Waals surface area contributed by atoms with Crippen LogP contribution >= 0.6 is 11.6 Å². The maximum absolute atomic E-state index is 15.3. The summed E-state index contributed by atoms with van der Waals surface area (Å²) in [4.78, 5) is 25.3. The maximum Gasteiger partial charge on any atom is 0.309 e. The predicted molar refractivity (Wildman–Crippen MR) is 136 cm³/mol. The van der Waals surface area contributed by atoms with Crippen molar-refractivity contribution >= 4 is 34.6 Å². The van der Waals surface area contributed by atoms with Crippen LogP contribution in [0, 0.1) is 23.6 Å². The molecule has 2 aliphatic rings. The number of esters is 1. The number of nitrogens with zero attached hydrogens (tertiary/aromatic N) is 4. The van der Waals surface area contributed by atoms with Crippen molar-refractivity contribution in [2.24, 2.45) is 17.8 Å². The first-order valence-corrected chi connectivity index (χ1v) is 12.9. The molecule has 37 heavy (non-hydrogen) atoms. The molecule has 2 aromatic heterocycles. The zero-order valence-corrected chi connectivity index (χ0v) is 22.1. The minimum Gasteiger partial charge on any atom is -0.466 e. The summed E-state index contributed by atoms with van der Waals surface area (Å²) in [6, 6.07) is 2.65. The molecule has 0 spiro atoms. The van der Waals surface area contributed by atoms with Gasteiger partial charge < -0.3 is 24.8 Å². The van der Waals surface area contributed by atoms with Gasteiger partial charge in [-0.05, 0) is 59.1 Å². The van der Waals surface area contributed by atoms with Crippen molar-refractivity contribution < 1.29 is 24.1 Å². The third-order valence-corrected chi connectivity index (χ3v) is 7.54. The van der Waals surface area contributed by atoms with E-state index in [4.69, 9.17) is 16.3 Å². The SMILES string of the molecule is CCOC(=O)[C@H]1[C@@H]2C[C@H](Nc3ncc(Cl)c(-c4cc(F)c5nc(C(C)(C)O)n(C(C)C)c5c4)n3)[C@@H](O)[C@@H]21. The number of imidazole rings is 1. The topological polar surface area (TPSA) is 122 Å². The number of aliphatic hydroxyl groups excluding tert-OH is 1. The van der Waals surface area contributed by atoms with Crippen LogP contribution in [0.2, 0.25) is 5.02 Å². The third-order valence-electron chi connectivity index (χ3n) is 7.27. The summed E-state index contributed by atoms with van der Waals surface area (Å²) in [6.45, 7) is 9.18. The minimum absolute atomic E-state index is 0.0658. The Morgan fingerprint density at radius 2 is 2.08 bits per heavy atom. The molecular formula is C26H31ClFN5O4. The summed E-state index contributed by atoms with van der Waals surface area (Å²) < 4.78 is 22.2. The summed E-state index contributed by atoms with van der Waals surface area (Å²) in [5.41, 5.74) is 0.157. The molecular weight excluding hydrogens is 501 g/mol. The molecule has 9 nitrogen and oxygen atoms in total. The summed E-state index contributed by atoms with van der Waals surface area (Å²) >= 11 is 6.44. The van der Waals surface area contributed by atoms with Crippen molar-refractivity contribution in [1.29, 1.82) is 0 Å². The number of halogens is 2. The van der Waals surface area contributed by atoms with Gasteiger partial charge in [-0.3, -0.25) is 4.79 Å². The van der Waals surface area contributed by atoms with Crippen LogP contribution in [-0.4, -0.2) is 54.5 Å². The van der Waals surface area contributed by atoms with Crippen molar-refractivity contribution in [3.05, 3.63) is 35.0 Å². The van der Waals surface area contributed by atoms with Crippen molar-refractivity contribution in [2.75, 3.05) is 11.9 Å². The zero-order chi connectivity index (χ0) is 26.8. The first-order chi connectivity index (χ1) is 17.4. The summed E-state index contributed by atoms with van der Waals surface area (Å²) in [5.74, 6) is -0.544. The highest BCUT2D eigenvalue weighted by molar-refractivity contribution is 6.33. The van der Waals surface area contributed by atoms with E-state index in [9.17, 15) is 15.0 Å². The number of aromatic nitrogens is 4. The number of rotatable bonds is 7. The fourth-order valence-electron chi connectivity index (χ4n) is 5.63. The maximum atomic E-state index is 15.3. The number of anilines is 1. The van der Waals surface area contributed by atoms with E-state index in [1.807, 2.05) is 13.8 Å². The van der Waals surface area contributed by atoms with Gasteiger partial charge in [-0.25, -0.2) is 19.3 Å². The first kappa shape index (κ1) is 25.8. The van der Waals surface area contributed by atoms with Crippen LogP contribution in [0.15, 0.2) is 18.3 Å². The highest BCUT2D eigenvalue weighted by atomic mass is 35.5. The Kier molecular flexibility index (Phi) is 6.40. The van der Waals surface area contributed by atoms with Crippen LogP contribution in [0.4, 0.5) is 10.3 Å². The number of carbonyl (C=O) groups is 1. The molecule has 2 heterocycles. The normalized spacial score (nSPS) is 25.0. The van der Waals surface area contributed by atoms with Crippen molar-refractivity contribution in [3.63, 3.8) is 0 Å². The lowest BCUT2D eigenvalue weighted by Gasteiger charge is -2.22. The number of aliphatic hydroxyl groups is 2. The Hall–Kier alpha value is -2.82. The van der Waals surface area contributed by atoms with Gasteiger partial charge in [0.15, 0.2) is 5.82 Å². The molecule has 2 fully saturated rings. The predicted octanol–water partition coefficient (Wildman–Crippen LogP) is 4.06. The Morgan fingerprint density at radius 3 is 2.68 bits per heavy atom. The average Bonchev–Trinajstić information content (AvgIpc) is 3.22. The molecule has 2 saturated carbocycles. The number of hydrogen-bond donors (Lipinski definition) is 3. The molecule has 2 aliphatic carbocycles. The van der Waals surface area contributed by atoms with E-state index in [1.54, 1.807) is 31.4 Å². The molecule has 5 rings (SSSR count). The lowest BCUT2D eigenvalue weighted by Crippen LogP contribution is -2.34. The molecule has 0 radical (unpaired) electrons. The molecule has 1 aromatic carbocycles. The molecule has 11 heteroatoms. The summed E-state index contributed by atoms with van der Waals surface area (Å²) in [7, 11) is 0. The van der Waals surface area contributed by atoms with E-state index >= 15 is 4.39 Å². The quantitative estimate of drug-likeness (QED) is 0.390. The Morgan fingerprint density at radius 1 is 1.35 bits per heavy atom. The zero-order valence-electron chi connectivity index (χ0n) is 21.4. The van der Waals surface area contributed by atoms with E-state index in [1.165, 1.54) is 12.3 Å². The van der Waals surface area contributed by atoms with Gasteiger partial charge in [0.1, 0.15) is 16.9 Å². The Labute approximate surface area is 219 Å². The highest BCUT2D eigenvalue weighted by Gasteiger charge is 2.65. The number of nitrogens with one attached hydrogen (secondary N) is 1. The van der Waals surface area contributed by atoms with Gasteiger partial charge in [-0.15, -0.1) is 0 Å². The van der Waals surface area contributed by atoms with Gasteiger partial charge in [0.2, 0.25) is 5.95 Å². The molecule has 5 atom stereocenters. The van der Waals surface area contributed by atoms with Crippen LogP contribution in [0.1, 0.15) is 52.9 Å². The lowest BCUT2D eigenvalue weighted by atomic mass is 10.0. The molecule has 3 N–H and O–H groups in total. The molecule has 0 saturated heterocycles. The fraction of sp³-hybridized carbons (Fsp3) is 0.538. The van der Waals surface area contributed by atoms with Crippen LogP contribution in [0.3, 0.4) is 0 Å². The number of ether oxygens (including phenoxy) is 1. The second kappa shape index (κ2) is 9.18. The van der Waals surface area contributed by atoms with Gasteiger partial charge >= 0.3 is 5.97 Å². The van der Waals surface area contributed by atoms with Crippen LogP contribution < -0.4 is 5.32 Å². The summed E-state index contributed by atoms with van der Waals surface area (Å²) in [5, 5.41) is 24.8. The van der Waals surface area contributed by atoms with Crippen molar-refractivity contribution in [1.82, 2.24) is 19.5 Å². The second-order valence-electron chi connectivity index (χ2n) is 10.7. The molecule has 0 aliphatic heterocycles. The number of benzene rings is 1. The van der Waals surface area contributed by atoms with Gasteiger partial charge in [0, 0.05) is 17.5 Å². The number of hydrogen-bond acceptors (Lipinski definition) is 8. The van der Waals surface area contributed by atoms with Crippen LogP contribution in [0.25, 0.3) is 22.3 Å². The molecule has 0 unspecified atom stereocenters. The molecule has 3 aromatic rings. The Balaban J connectivity index is 1.45. The first-order valence-electron chi connectivity index (χ1n) is 12.5. The van der Waals surface area contributed by atoms with Gasteiger partial charge in [-0.1, -0.05) is 11.6 Å². The van der Waals surface area contributed by atoms with E-state index in [-0.39, 0.29) is 52.3 Å². The lowest BCUT2D eigenvalue weighted by molar-refractivity contribution is -0.146. The minimum atomic E-state index is -1.27. The van der Waals surface area contributed by atoms with E-state index < -0.39 is 17.5 Å². The smallest absolute Gasteiger partial charge is 0.309 e. The van der Waals surface area contributed by atoms with E-state index in [0.717, 1.165) is 0 Å². The summed E-state index contributed by atoms with van der Waals surface area (Å²) in [6.07, 6.45) is 1.28.